The monoisotopic (exact) mass is 345 g/mol. The number of hydrogen-bond donors (Lipinski definition) is 1. The van der Waals surface area contributed by atoms with Crippen LogP contribution in [0.1, 0.15) is 5.69 Å². The normalized spacial score (nSPS) is 10.9. The predicted octanol–water partition coefficient (Wildman–Crippen LogP) is -0.135. The van der Waals surface area contributed by atoms with E-state index in [9.17, 15) is 9.59 Å². The number of rotatable bonds is 5. The van der Waals surface area contributed by atoms with Crippen molar-refractivity contribution in [3.63, 3.8) is 0 Å². The van der Waals surface area contributed by atoms with Gasteiger partial charge in [0.25, 0.3) is 5.56 Å². The van der Waals surface area contributed by atoms with Crippen molar-refractivity contribution in [3.8, 4) is 0 Å². The van der Waals surface area contributed by atoms with Crippen LogP contribution in [0.3, 0.4) is 0 Å². The molecule has 3 aromatic rings. The highest BCUT2D eigenvalue weighted by atomic mass is 32.2. The molecule has 0 spiro atoms. The summed E-state index contributed by atoms with van der Waals surface area (Å²) in [6.45, 7) is 0.241. The zero-order valence-electron chi connectivity index (χ0n) is 13.1. The quantitative estimate of drug-likeness (QED) is 0.642. The van der Waals surface area contributed by atoms with E-state index in [0.717, 1.165) is 5.39 Å². The van der Waals surface area contributed by atoms with E-state index in [0.29, 0.717) is 16.2 Å². The molecule has 0 atom stereocenters. The molecule has 2 heterocycles. The zero-order valence-corrected chi connectivity index (χ0v) is 13.9. The van der Waals surface area contributed by atoms with Crippen molar-refractivity contribution in [2.24, 2.45) is 14.1 Å². The second-order valence-corrected chi connectivity index (χ2v) is 6.01. The molecule has 0 saturated heterocycles. The third-order valence-electron chi connectivity index (χ3n) is 3.40. The number of nitrogens with zero attached hydrogens (tertiary/aromatic N) is 6. The molecular formula is C14H15N7O2S. The fraction of sp³-hybridized carbons (Fsp3) is 0.286. The Hall–Kier alpha value is -2.75. The third kappa shape index (κ3) is 3.27. The minimum atomic E-state index is -0.164. The fourth-order valence-corrected chi connectivity index (χ4v) is 2.89. The Morgan fingerprint density at radius 3 is 2.67 bits per heavy atom. The van der Waals surface area contributed by atoms with E-state index in [-0.39, 0.29) is 23.8 Å². The number of aromatic nitrogens is 6. The van der Waals surface area contributed by atoms with E-state index in [1.807, 2.05) is 12.1 Å². The lowest BCUT2D eigenvalue weighted by Gasteiger charge is -2.09. The summed E-state index contributed by atoms with van der Waals surface area (Å²) in [6, 6.07) is 7.22. The van der Waals surface area contributed by atoms with Gasteiger partial charge in [0.15, 0.2) is 0 Å². The van der Waals surface area contributed by atoms with Gasteiger partial charge in [-0.05, 0) is 16.5 Å². The summed E-state index contributed by atoms with van der Waals surface area (Å²) < 4.78 is 2.78. The molecule has 0 fully saturated rings. The van der Waals surface area contributed by atoms with E-state index in [1.165, 1.54) is 21.1 Å². The first-order valence-corrected chi connectivity index (χ1v) is 8.11. The number of fused-ring (bicyclic) bond motifs is 1. The van der Waals surface area contributed by atoms with Gasteiger partial charge in [0, 0.05) is 19.5 Å². The van der Waals surface area contributed by atoms with Gasteiger partial charge < -0.3 is 5.32 Å². The number of benzene rings is 1. The standard InChI is InChI=1S/C14H15N7O2S/c1-20-13(23)10-6-4-3-5-9(10)11(17-20)7-15-12(22)8-24-14-16-18-19-21(14)2/h3-6H,7-8H2,1-2H3,(H,15,22). The van der Waals surface area contributed by atoms with Crippen molar-refractivity contribution in [2.45, 2.75) is 11.7 Å². The van der Waals surface area contributed by atoms with Crippen molar-refractivity contribution in [1.82, 2.24) is 35.3 Å². The lowest BCUT2D eigenvalue weighted by atomic mass is 10.1. The molecule has 9 nitrogen and oxygen atoms in total. The van der Waals surface area contributed by atoms with Gasteiger partial charge >= 0.3 is 0 Å². The molecule has 0 unspecified atom stereocenters. The summed E-state index contributed by atoms with van der Waals surface area (Å²) in [5, 5.41) is 20.0. The molecule has 0 aliphatic carbocycles. The van der Waals surface area contributed by atoms with Crippen molar-refractivity contribution in [3.05, 3.63) is 40.3 Å². The van der Waals surface area contributed by atoms with Crippen LogP contribution in [0.4, 0.5) is 0 Å². The van der Waals surface area contributed by atoms with Crippen LogP contribution in [0, 0.1) is 0 Å². The van der Waals surface area contributed by atoms with Gasteiger partial charge in [0.1, 0.15) is 0 Å². The molecule has 24 heavy (non-hydrogen) atoms. The maximum absolute atomic E-state index is 12.1. The molecule has 0 aliphatic heterocycles. The molecule has 0 radical (unpaired) electrons. The highest BCUT2D eigenvalue weighted by molar-refractivity contribution is 7.99. The molecule has 1 N–H and O–H groups in total. The largest absolute Gasteiger partial charge is 0.350 e. The molecule has 3 rings (SSSR count). The zero-order chi connectivity index (χ0) is 17.1. The average Bonchev–Trinajstić information content (AvgIpc) is 3.00. The van der Waals surface area contributed by atoms with E-state index in [4.69, 9.17) is 0 Å². The topological polar surface area (TPSA) is 108 Å². The smallest absolute Gasteiger partial charge is 0.274 e. The Balaban J connectivity index is 1.69. The second-order valence-electron chi connectivity index (χ2n) is 5.07. The van der Waals surface area contributed by atoms with Crippen LogP contribution in [0.25, 0.3) is 10.8 Å². The molecule has 124 valence electrons. The summed E-state index contributed by atoms with van der Waals surface area (Å²) in [4.78, 5) is 24.1. The third-order valence-corrected chi connectivity index (χ3v) is 4.41. The molecule has 1 amide bonds. The molecule has 2 aromatic heterocycles. The Labute approximate surface area is 141 Å². The van der Waals surface area contributed by atoms with Crippen LogP contribution in [-0.2, 0) is 25.4 Å². The predicted molar refractivity (Wildman–Crippen MR) is 88.4 cm³/mol. The lowest BCUT2D eigenvalue weighted by molar-refractivity contribution is -0.118. The van der Waals surface area contributed by atoms with Crippen molar-refractivity contribution >= 4 is 28.4 Å². The summed E-state index contributed by atoms with van der Waals surface area (Å²) in [6.07, 6.45) is 0. The molecule has 0 aliphatic rings. The lowest BCUT2D eigenvalue weighted by Crippen LogP contribution is -2.28. The number of nitrogens with one attached hydrogen (secondary N) is 1. The van der Waals surface area contributed by atoms with E-state index < -0.39 is 0 Å². The van der Waals surface area contributed by atoms with E-state index in [1.54, 1.807) is 26.2 Å². The minimum Gasteiger partial charge on any atom is -0.350 e. The fourth-order valence-electron chi connectivity index (χ4n) is 2.21. The molecule has 0 bridgehead atoms. The van der Waals surface area contributed by atoms with E-state index >= 15 is 0 Å². The van der Waals surface area contributed by atoms with Gasteiger partial charge in [-0.25, -0.2) is 9.36 Å². The van der Waals surface area contributed by atoms with Crippen molar-refractivity contribution < 1.29 is 4.79 Å². The number of hydrogen-bond acceptors (Lipinski definition) is 7. The summed E-state index contributed by atoms with van der Waals surface area (Å²) in [7, 11) is 3.30. The van der Waals surface area contributed by atoms with Gasteiger partial charge in [0.05, 0.1) is 23.4 Å². The van der Waals surface area contributed by atoms with Gasteiger partial charge in [0.2, 0.25) is 11.1 Å². The van der Waals surface area contributed by atoms with Crippen molar-refractivity contribution in [2.75, 3.05) is 5.75 Å². The maximum atomic E-state index is 12.1. The van der Waals surface area contributed by atoms with Crippen LogP contribution in [0.2, 0.25) is 0 Å². The average molecular weight is 345 g/mol. The minimum absolute atomic E-state index is 0.161. The first-order valence-electron chi connectivity index (χ1n) is 7.13. The first kappa shape index (κ1) is 16.1. The number of tetrazole rings is 1. The maximum Gasteiger partial charge on any atom is 0.274 e. The SMILES string of the molecule is Cn1nnnc1SCC(=O)NCc1nn(C)c(=O)c2ccccc12. The molecular weight excluding hydrogens is 330 g/mol. The van der Waals surface area contributed by atoms with Gasteiger partial charge in [-0.3, -0.25) is 9.59 Å². The number of carbonyl (C=O) groups excluding carboxylic acids is 1. The van der Waals surface area contributed by atoms with Gasteiger partial charge in [-0.2, -0.15) is 5.10 Å². The van der Waals surface area contributed by atoms with Crippen LogP contribution >= 0.6 is 11.8 Å². The molecule has 1 aromatic carbocycles. The Morgan fingerprint density at radius 2 is 1.96 bits per heavy atom. The van der Waals surface area contributed by atoms with Crippen LogP contribution in [0.15, 0.2) is 34.2 Å². The van der Waals surface area contributed by atoms with Crippen molar-refractivity contribution in [1.29, 1.82) is 0 Å². The highest BCUT2D eigenvalue weighted by Gasteiger charge is 2.11. The first-order chi connectivity index (χ1) is 11.6. The summed E-state index contributed by atoms with van der Waals surface area (Å²) in [5.74, 6) is 0.0282. The number of thioether (sulfide) groups is 1. The highest BCUT2D eigenvalue weighted by Crippen LogP contribution is 2.14. The van der Waals surface area contributed by atoms with Gasteiger partial charge in [-0.15, -0.1) is 5.10 Å². The Morgan fingerprint density at radius 1 is 1.21 bits per heavy atom. The van der Waals surface area contributed by atoms with Crippen LogP contribution in [0.5, 0.6) is 0 Å². The van der Waals surface area contributed by atoms with Crippen LogP contribution in [-0.4, -0.2) is 41.6 Å². The van der Waals surface area contributed by atoms with Gasteiger partial charge in [-0.1, -0.05) is 30.0 Å². The van der Waals surface area contributed by atoms with E-state index in [2.05, 4.69) is 25.9 Å². The Bertz CT molecular complexity index is 950. The Kier molecular flexibility index (Phi) is 4.56. The summed E-state index contributed by atoms with van der Waals surface area (Å²) >= 11 is 1.25. The number of carbonyl (C=O) groups is 1. The number of amides is 1. The molecule has 10 heteroatoms. The summed E-state index contributed by atoms with van der Waals surface area (Å²) in [5.41, 5.74) is 0.484. The number of aryl methyl sites for hydroxylation is 2. The van der Waals surface area contributed by atoms with Crippen LogP contribution < -0.4 is 10.9 Å². The molecule has 0 saturated carbocycles. The second kappa shape index (κ2) is 6.79.